The molecule has 0 fully saturated rings. The van der Waals surface area contributed by atoms with Crippen LogP contribution in [0.5, 0.6) is 0 Å². The molecule has 0 saturated carbocycles. The Morgan fingerprint density at radius 3 is 2.86 bits per heavy atom. The van der Waals surface area contributed by atoms with Crippen molar-refractivity contribution >= 4 is 5.69 Å². The van der Waals surface area contributed by atoms with Gasteiger partial charge in [0.15, 0.2) is 5.82 Å². The van der Waals surface area contributed by atoms with E-state index < -0.39 is 0 Å². The van der Waals surface area contributed by atoms with Crippen LogP contribution in [0.4, 0.5) is 5.69 Å². The lowest BCUT2D eigenvalue weighted by atomic mass is 9.88. The highest BCUT2D eigenvalue weighted by molar-refractivity contribution is 5.62. The predicted octanol–water partition coefficient (Wildman–Crippen LogP) is 3.52. The van der Waals surface area contributed by atoms with Gasteiger partial charge in [-0.15, -0.1) is 0 Å². The summed E-state index contributed by atoms with van der Waals surface area (Å²) in [5.41, 5.74) is 2.12. The third-order valence-corrected chi connectivity index (χ3v) is 3.40. The molecule has 0 amide bonds. The quantitative estimate of drug-likeness (QED) is 0.850. The highest BCUT2D eigenvalue weighted by Crippen LogP contribution is 2.24. The number of benzene rings is 1. The smallest absolute Gasteiger partial charge is 0.181 e. The molecular weight excluding hydrogens is 262 g/mol. The number of hydrogen-bond donors (Lipinski definition) is 2. The summed E-state index contributed by atoms with van der Waals surface area (Å²) in [4.78, 5) is 4.34. The van der Waals surface area contributed by atoms with Crippen LogP contribution in [-0.4, -0.2) is 21.7 Å². The Balaban J connectivity index is 2.03. The van der Waals surface area contributed by atoms with Crippen LogP contribution in [0.15, 0.2) is 24.3 Å². The van der Waals surface area contributed by atoms with E-state index in [2.05, 4.69) is 40.4 Å². The standard InChI is InChI=1S/C16H21N5/c1-12-19-15(21-20-12)13-6-4-7-14(10-13)18-11-16(2,3)8-5-9-17/h4,6-7,10,18H,5,8,11H2,1-3H3,(H,19,20,21). The zero-order chi connectivity index (χ0) is 15.3. The van der Waals surface area contributed by atoms with Crippen molar-refractivity contribution in [2.75, 3.05) is 11.9 Å². The first-order valence-corrected chi connectivity index (χ1v) is 7.10. The molecule has 2 aromatic rings. The van der Waals surface area contributed by atoms with Crippen molar-refractivity contribution in [3.63, 3.8) is 0 Å². The molecule has 2 rings (SSSR count). The van der Waals surface area contributed by atoms with E-state index in [1.807, 2.05) is 31.2 Å². The van der Waals surface area contributed by atoms with Gasteiger partial charge in [0.25, 0.3) is 0 Å². The van der Waals surface area contributed by atoms with Crippen LogP contribution in [0.3, 0.4) is 0 Å². The van der Waals surface area contributed by atoms with Crippen molar-refractivity contribution in [1.29, 1.82) is 5.26 Å². The van der Waals surface area contributed by atoms with Gasteiger partial charge in [0.05, 0.1) is 6.07 Å². The molecule has 1 aromatic heterocycles. The van der Waals surface area contributed by atoms with Crippen LogP contribution in [-0.2, 0) is 0 Å². The van der Waals surface area contributed by atoms with Crippen molar-refractivity contribution in [2.45, 2.75) is 33.6 Å². The molecule has 0 unspecified atom stereocenters. The second-order valence-corrected chi connectivity index (χ2v) is 6.00. The van der Waals surface area contributed by atoms with Gasteiger partial charge in [0, 0.05) is 24.2 Å². The summed E-state index contributed by atoms with van der Waals surface area (Å²) in [5, 5.41) is 19.2. The number of rotatable bonds is 6. The lowest BCUT2D eigenvalue weighted by molar-refractivity contribution is 0.364. The van der Waals surface area contributed by atoms with Gasteiger partial charge in [-0.2, -0.15) is 10.4 Å². The Kier molecular flexibility index (Phi) is 4.59. The number of aryl methyl sites for hydroxylation is 1. The zero-order valence-corrected chi connectivity index (χ0v) is 12.8. The Bertz CT molecular complexity index is 636. The molecule has 0 radical (unpaired) electrons. The molecule has 110 valence electrons. The summed E-state index contributed by atoms with van der Waals surface area (Å²) >= 11 is 0. The largest absolute Gasteiger partial charge is 0.384 e. The fourth-order valence-corrected chi connectivity index (χ4v) is 2.06. The summed E-state index contributed by atoms with van der Waals surface area (Å²) in [6, 6.07) is 10.3. The molecule has 0 aliphatic heterocycles. The Hall–Kier alpha value is -2.35. The molecule has 0 atom stereocenters. The van der Waals surface area contributed by atoms with Gasteiger partial charge >= 0.3 is 0 Å². The van der Waals surface area contributed by atoms with Crippen molar-refractivity contribution in [3.05, 3.63) is 30.1 Å². The fraction of sp³-hybridized carbons (Fsp3) is 0.438. The Labute approximate surface area is 125 Å². The molecule has 21 heavy (non-hydrogen) atoms. The SMILES string of the molecule is Cc1nc(-c2cccc(NCC(C)(C)CCC#N)c2)n[nH]1. The zero-order valence-electron chi connectivity index (χ0n) is 12.8. The third-order valence-electron chi connectivity index (χ3n) is 3.40. The number of nitrogens with one attached hydrogen (secondary N) is 2. The monoisotopic (exact) mass is 283 g/mol. The Morgan fingerprint density at radius 2 is 2.19 bits per heavy atom. The van der Waals surface area contributed by atoms with Gasteiger partial charge in [-0.3, -0.25) is 5.10 Å². The van der Waals surface area contributed by atoms with Crippen LogP contribution >= 0.6 is 0 Å². The number of H-pyrrole nitrogens is 1. The maximum atomic E-state index is 8.69. The summed E-state index contributed by atoms with van der Waals surface area (Å²) < 4.78 is 0. The second kappa shape index (κ2) is 6.40. The molecule has 0 aliphatic carbocycles. The van der Waals surface area contributed by atoms with E-state index in [-0.39, 0.29) is 5.41 Å². The van der Waals surface area contributed by atoms with Crippen LogP contribution in [0.1, 0.15) is 32.5 Å². The molecule has 2 N–H and O–H groups in total. The number of nitrogens with zero attached hydrogens (tertiary/aromatic N) is 3. The minimum absolute atomic E-state index is 0.0902. The van der Waals surface area contributed by atoms with Crippen molar-refractivity contribution in [1.82, 2.24) is 15.2 Å². The Morgan fingerprint density at radius 1 is 1.38 bits per heavy atom. The van der Waals surface area contributed by atoms with E-state index in [4.69, 9.17) is 5.26 Å². The molecule has 0 aliphatic rings. The van der Waals surface area contributed by atoms with Crippen molar-refractivity contribution in [3.8, 4) is 17.5 Å². The minimum Gasteiger partial charge on any atom is -0.384 e. The molecular formula is C16H21N5. The van der Waals surface area contributed by atoms with Crippen LogP contribution in [0, 0.1) is 23.7 Å². The van der Waals surface area contributed by atoms with E-state index in [1.54, 1.807) is 0 Å². The molecule has 5 heteroatoms. The van der Waals surface area contributed by atoms with Crippen LogP contribution in [0.2, 0.25) is 0 Å². The second-order valence-electron chi connectivity index (χ2n) is 6.00. The average molecular weight is 283 g/mol. The summed E-state index contributed by atoms with van der Waals surface area (Å²) in [6.07, 6.45) is 1.47. The first kappa shape index (κ1) is 15.0. The van der Waals surface area contributed by atoms with Gasteiger partial charge in [0.2, 0.25) is 0 Å². The highest BCUT2D eigenvalue weighted by Gasteiger charge is 2.17. The number of aromatic amines is 1. The topological polar surface area (TPSA) is 77.4 Å². The number of hydrogen-bond acceptors (Lipinski definition) is 4. The lowest BCUT2D eigenvalue weighted by Crippen LogP contribution is -2.22. The summed E-state index contributed by atoms with van der Waals surface area (Å²) in [7, 11) is 0. The van der Waals surface area contributed by atoms with Gasteiger partial charge in [-0.25, -0.2) is 4.98 Å². The van der Waals surface area contributed by atoms with E-state index >= 15 is 0 Å². The first-order chi connectivity index (χ1) is 10.00. The maximum Gasteiger partial charge on any atom is 0.181 e. The number of nitriles is 1. The predicted molar refractivity (Wildman–Crippen MR) is 83.7 cm³/mol. The van der Waals surface area contributed by atoms with Crippen molar-refractivity contribution in [2.24, 2.45) is 5.41 Å². The number of anilines is 1. The van der Waals surface area contributed by atoms with E-state index in [0.717, 1.165) is 30.0 Å². The van der Waals surface area contributed by atoms with Crippen LogP contribution < -0.4 is 5.32 Å². The molecule has 0 bridgehead atoms. The van der Waals surface area contributed by atoms with Gasteiger partial charge in [0.1, 0.15) is 5.82 Å². The third kappa shape index (κ3) is 4.32. The molecule has 5 nitrogen and oxygen atoms in total. The van der Waals surface area contributed by atoms with Gasteiger partial charge in [-0.1, -0.05) is 26.0 Å². The summed E-state index contributed by atoms with van der Waals surface area (Å²) in [6.45, 7) is 7.04. The normalized spacial score (nSPS) is 11.1. The molecule has 1 aromatic carbocycles. The summed E-state index contributed by atoms with van der Waals surface area (Å²) in [5.74, 6) is 1.51. The molecule has 0 saturated heterocycles. The van der Waals surface area contributed by atoms with E-state index in [9.17, 15) is 0 Å². The molecule has 0 spiro atoms. The first-order valence-electron chi connectivity index (χ1n) is 7.10. The lowest BCUT2D eigenvalue weighted by Gasteiger charge is -2.24. The fourth-order valence-electron chi connectivity index (χ4n) is 2.06. The highest BCUT2D eigenvalue weighted by atomic mass is 15.2. The van der Waals surface area contributed by atoms with E-state index in [1.165, 1.54) is 0 Å². The van der Waals surface area contributed by atoms with Crippen LogP contribution in [0.25, 0.3) is 11.4 Å². The number of aromatic nitrogens is 3. The average Bonchev–Trinajstić information content (AvgIpc) is 2.90. The maximum absolute atomic E-state index is 8.69. The van der Waals surface area contributed by atoms with Crippen molar-refractivity contribution < 1.29 is 0 Å². The van der Waals surface area contributed by atoms with Gasteiger partial charge < -0.3 is 5.32 Å². The molecule has 1 heterocycles. The van der Waals surface area contributed by atoms with E-state index in [0.29, 0.717) is 12.2 Å². The van der Waals surface area contributed by atoms with Gasteiger partial charge in [-0.05, 0) is 30.9 Å². The minimum atomic E-state index is 0.0902.